The minimum absolute atomic E-state index is 0.0506. The molecule has 0 amide bonds. The number of hydrogen-bond acceptors (Lipinski definition) is 2. The molecule has 1 aromatic rings. The zero-order valence-corrected chi connectivity index (χ0v) is 17.0. The standard InChI is InChI=1S/C20H34NO2P/c1-15(2)18-13-12-16(3)14-19(18)23-24(22,21-20(4,5)6)17-10-8-7-9-11-17/h7-11,15-16,18-19H,12-14H2,1-6H3,(H,21,22)/t16-,18+,19-,24-/m1/s1. The molecule has 1 fully saturated rings. The Morgan fingerprint density at radius 1 is 1.17 bits per heavy atom. The first-order chi connectivity index (χ1) is 11.1. The third-order valence-corrected chi connectivity index (χ3v) is 7.33. The third-order valence-electron chi connectivity index (χ3n) is 4.82. The summed E-state index contributed by atoms with van der Waals surface area (Å²) in [5.41, 5.74) is -0.279. The van der Waals surface area contributed by atoms with Crippen LogP contribution in [0.5, 0.6) is 0 Å². The maximum Gasteiger partial charge on any atom is 0.300 e. The van der Waals surface area contributed by atoms with Crippen LogP contribution in [0, 0.1) is 17.8 Å². The van der Waals surface area contributed by atoms with Gasteiger partial charge in [0.25, 0.3) is 7.52 Å². The molecule has 0 aliphatic heterocycles. The summed E-state index contributed by atoms with van der Waals surface area (Å²) in [4.78, 5) is 0. The molecule has 4 heteroatoms. The maximum absolute atomic E-state index is 13.8. The van der Waals surface area contributed by atoms with Crippen molar-refractivity contribution < 1.29 is 9.09 Å². The van der Waals surface area contributed by atoms with Crippen molar-refractivity contribution in [3.63, 3.8) is 0 Å². The second kappa shape index (κ2) is 7.72. The van der Waals surface area contributed by atoms with Crippen LogP contribution in [0.15, 0.2) is 30.3 Å². The summed E-state index contributed by atoms with van der Waals surface area (Å²) in [7, 11) is -3.12. The molecule has 1 saturated carbocycles. The van der Waals surface area contributed by atoms with Gasteiger partial charge in [-0.05, 0) is 63.5 Å². The van der Waals surface area contributed by atoms with E-state index in [2.05, 4.69) is 25.9 Å². The van der Waals surface area contributed by atoms with Gasteiger partial charge in [-0.15, -0.1) is 0 Å². The zero-order valence-electron chi connectivity index (χ0n) is 16.1. The molecule has 3 nitrogen and oxygen atoms in total. The van der Waals surface area contributed by atoms with Gasteiger partial charge in [-0.25, -0.2) is 5.09 Å². The van der Waals surface area contributed by atoms with Gasteiger partial charge in [0.2, 0.25) is 0 Å². The highest BCUT2D eigenvalue weighted by atomic mass is 31.2. The first kappa shape index (κ1) is 19.7. The van der Waals surface area contributed by atoms with Crippen LogP contribution in [-0.4, -0.2) is 11.6 Å². The normalized spacial score (nSPS) is 27.9. The Bertz CT molecular complexity index is 565. The Hall–Kier alpha value is -0.630. The smallest absolute Gasteiger partial charge is 0.300 e. The summed E-state index contributed by atoms with van der Waals surface area (Å²) >= 11 is 0. The highest BCUT2D eigenvalue weighted by molar-refractivity contribution is 7.65. The molecule has 1 aromatic carbocycles. The summed E-state index contributed by atoms with van der Waals surface area (Å²) in [5.74, 6) is 1.64. The molecule has 0 bridgehead atoms. The van der Waals surface area contributed by atoms with Crippen molar-refractivity contribution in [2.45, 2.75) is 72.4 Å². The van der Waals surface area contributed by atoms with E-state index in [1.54, 1.807) is 0 Å². The Morgan fingerprint density at radius 3 is 2.33 bits per heavy atom. The fourth-order valence-corrected chi connectivity index (χ4v) is 6.02. The molecule has 0 radical (unpaired) electrons. The van der Waals surface area contributed by atoms with E-state index in [1.807, 2.05) is 51.1 Å². The van der Waals surface area contributed by atoms with Crippen molar-refractivity contribution in [1.29, 1.82) is 0 Å². The van der Waals surface area contributed by atoms with E-state index in [1.165, 1.54) is 6.42 Å². The molecule has 0 aromatic heterocycles. The van der Waals surface area contributed by atoms with Gasteiger partial charge in [-0.1, -0.05) is 45.4 Å². The molecule has 0 spiro atoms. The third kappa shape index (κ3) is 5.18. The molecule has 1 aliphatic carbocycles. The SMILES string of the molecule is CC(C)[C@@H]1CC[C@@H](C)C[C@H]1O[P@@](=O)(NC(C)(C)C)c1ccccc1. The second-order valence-corrected chi connectivity index (χ2v) is 10.8. The minimum atomic E-state index is -3.12. The van der Waals surface area contributed by atoms with Gasteiger partial charge in [0.15, 0.2) is 0 Å². The second-order valence-electron chi connectivity index (χ2n) is 8.72. The topological polar surface area (TPSA) is 38.3 Å². The summed E-state index contributed by atoms with van der Waals surface area (Å²) in [6, 6.07) is 9.63. The molecule has 136 valence electrons. The summed E-state index contributed by atoms with van der Waals surface area (Å²) in [6.07, 6.45) is 3.44. The predicted octanol–water partition coefficient (Wildman–Crippen LogP) is 5.37. The van der Waals surface area contributed by atoms with Crippen LogP contribution in [0.1, 0.15) is 60.8 Å². The van der Waals surface area contributed by atoms with Gasteiger partial charge in [0.05, 0.1) is 11.4 Å². The van der Waals surface area contributed by atoms with Gasteiger partial charge in [-0.2, -0.15) is 0 Å². The lowest BCUT2D eigenvalue weighted by Crippen LogP contribution is -2.41. The van der Waals surface area contributed by atoms with Crippen molar-refractivity contribution >= 4 is 12.8 Å². The van der Waals surface area contributed by atoms with Crippen molar-refractivity contribution in [3.8, 4) is 0 Å². The van der Waals surface area contributed by atoms with Crippen LogP contribution in [0.2, 0.25) is 0 Å². The average Bonchev–Trinajstić information content (AvgIpc) is 2.46. The Labute approximate surface area is 148 Å². The van der Waals surface area contributed by atoms with Gasteiger partial charge >= 0.3 is 0 Å². The van der Waals surface area contributed by atoms with Crippen molar-refractivity contribution in [1.82, 2.24) is 5.09 Å². The molecule has 1 N–H and O–H groups in total. The minimum Gasteiger partial charge on any atom is -0.311 e. The Kier molecular flexibility index (Phi) is 6.34. The van der Waals surface area contributed by atoms with Crippen LogP contribution < -0.4 is 10.4 Å². The molecule has 0 heterocycles. The van der Waals surface area contributed by atoms with E-state index < -0.39 is 7.52 Å². The first-order valence-corrected chi connectivity index (χ1v) is 10.9. The molecule has 0 unspecified atom stereocenters. The molecule has 24 heavy (non-hydrogen) atoms. The first-order valence-electron chi connectivity index (χ1n) is 9.24. The van der Waals surface area contributed by atoms with Crippen LogP contribution in [0.4, 0.5) is 0 Å². The fourth-order valence-electron chi connectivity index (χ4n) is 3.64. The van der Waals surface area contributed by atoms with Crippen molar-refractivity contribution in [3.05, 3.63) is 30.3 Å². The molecule has 4 atom stereocenters. The quantitative estimate of drug-likeness (QED) is 0.725. The van der Waals surface area contributed by atoms with E-state index in [9.17, 15) is 4.57 Å². The lowest BCUT2D eigenvalue weighted by molar-refractivity contribution is 0.0474. The van der Waals surface area contributed by atoms with Gasteiger partial charge in [0.1, 0.15) is 0 Å². The Morgan fingerprint density at radius 2 is 1.79 bits per heavy atom. The van der Waals surface area contributed by atoms with Gasteiger partial charge in [-0.3, -0.25) is 4.57 Å². The maximum atomic E-state index is 13.8. The average molecular weight is 351 g/mol. The fraction of sp³-hybridized carbons (Fsp3) is 0.700. The molecule has 0 saturated heterocycles. The van der Waals surface area contributed by atoms with E-state index >= 15 is 0 Å². The lowest BCUT2D eigenvalue weighted by atomic mass is 9.75. The molecular weight excluding hydrogens is 317 g/mol. The van der Waals surface area contributed by atoms with Crippen LogP contribution in [-0.2, 0) is 9.09 Å². The summed E-state index contributed by atoms with van der Waals surface area (Å²) in [6.45, 7) is 12.9. The van der Waals surface area contributed by atoms with E-state index in [-0.39, 0.29) is 11.6 Å². The highest BCUT2D eigenvalue weighted by Crippen LogP contribution is 2.49. The van der Waals surface area contributed by atoms with Crippen LogP contribution >= 0.6 is 7.52 Å². The number of nitrogens with one attached hydrogen (secondary N) is 1. The highest BCUT2D eigenvalue weighted by Gasteiger charge is 2.39. The largest absolute Gasteiger partial charge is 0.311 e. The van der Waals surface area contributed by atoms with E-state index in [0.717, 1.165) is 18.1 Å². The van der Waals surface area contributed by atoms with Crippen molar-refractivity contribution in [2.75, 3.05) is 0 Å². The number of benzene rings is 1. The molecular formula is C20H34NO2P. The van der Waals surface area contributed by atoms with Crippen LogP contribution in [0.3, 0.4) is 0 Å². The molecule has 2 rings (SSSR count). The van der Waals surface area contributed by atoms with E-state index in [4.69, 9.17) is 4.52 Å². The van der Waals surface area contributed by atoms with Crippen molar-refractivity contribution in [2.24, 2.45) is 17.8 Å². The van der Waals surface area contributed by atoms with Crippen LogP contribution in [0.25, 0.3) is 0 Å². The lowest BCUT2D eigenvalue weighted by Gasteiger charge is -2.40. The summed E-state index contributed by atoms with van der Waals surface area (Å²) < 4.78 is 20.3. The van der Waals surface area contributed by atoms with E-state index in [0.29, 0.717) is 17.8 Å². The number of hydrogen-bond donors (Lipinski definition) is 1. The monoisotopic (exact) mass is 351 g/mol. The predicted molar refractivity (Wildman–Crippen MR) is 103 cm³/mol. The summed E-state index contributed by atoms with van der Waals surface area (Å²) in [5, 5.41) is 4.07. The van der Waals surface area contributed by atoms with Gasteiger partial charge < -0.3 is 4.52 Å². The number of rotatable bonds is 5. The van der Waals surface area contributed by atoms with Gasteiger partial charge in [0, 0.05) is 5.54 Å². The zero-order chi connectivity index (χ0) is 18.0. The molecule has 1 aliphatic rings. The Balaban J connectivity index is 2.32.